The molecule has 2 rings (SSSR count). The van der Waals surface area contributed by atoms with E-state index in [2.05, 4.69) is 10.2 Å². The SMILES string of the molecule is N#Cc1ccc(OSCc2ccc(C(F)F)cc2)nn1. The van der Waals surface area contributed by atoms with Crippen molar-refractivity contribution in [1.82, 2.24) is 10.2 Å². The Bertz CT molecular complexity index is 597. The molecule has 0 saturated heterocycles. The number of halogens is 2. The first-order chi connectivity index (χ1) is 9.69. The largest absolute Gasteiger partial charge is 0.404 e. The first-order valence-corrected chi connectivity index (χ1v) is 6.50. The molecule has 1 heterocycles. The predicted octanol–water partition coefficient (Wildman–Crippen LogP) is 3.51. The molecule has 0 unspecified atom stereocenters. The molecule has 20 heavy (non-hydrogen) atoms. The van der Waals surface area contributed by atoms with Crippen LogP contribution in [0.5, 0.6) is 5.88 Å². The number of nitriles is 1. The zero-order chi connectivity index (χ0) is 14.4. The molecule has 7 heteroatoms. The van der Waals surface area contributed by atoms with E-state index in [4.69, 9.17) is 9.44 Å². The molecule has 1 aromatic carbocycles. The second-order valence-corrected chi connectivity index (χ2v) is 4.45. The van der Waals surface area contributed by atoms with Crippen molar-refractivity contribution in [3.05, 3.63) is 53.2 Å². The van der Waals surface area contributed by atoms with Gasteiger partial charge in [-0.3, -0.25) is 0 Å². The monoisotopic (exact) mass is 293 g/mol. The molecule has 0 N–H and O–H groups in total. The van der Waals surface area contributed by atoms with E-state index >= 15 is 0 Å². The van der Waals surface area contributed by atoms with Gasteiger partial charge in [-0.15, -0.1) is 10.2 Å². The molecule has 0 fully saturated rings. The van der Waals surface area contributed by atoms with E-state index in [1.54, 1.807) is 18.2 Å². The third-order valence-corrected chi connectivity index (χ3v) is 3.10. The topological polar surface area (TPSA) is 58.8 Å². The van der Waals surface area contributed by atoms with E-state index in [0.717, 1.165) is 17.6 Å². The number of hydrogen-bond acceptors (Lipinski definition) is 5. The van der Waals surface area contributed by atoms with Gasteiger partial charge in [-0.1, -0.05) is 24.3 Å². The second-order valence-electron chi connectivity index (χ2n) is 3.76. The summed E-state index contributed by atoms with van der Waals surface area (Å²) in [6.45, 7) is 0. The van der Waals surface area contributed by atoms with Crippen LogP contribution in [0.3, 0.4) is 0 Å². The quantitative estimate of drug-likeness (QED) is 0.789. The Morgan fingerprint density at radius 2 is 1.90 bits per heavy atom. The second kappa shape index (κ2) is 6.82. The van der Waals surface area contributed by atoms with E-state index in [-0.39, 0.29) is 11.3 Å². The fourth-order valence-corrected chi connectivity index (χ4v) is 1.94. The molecule has 0 bridgehead atoms. The van der Waals surface area contributed by atoms with Crippen molar-refractivity contribution in [1.29, 1.82) is 5.26 Å². The highest BCUT2D eigenvalue weighted by molar-refractivity contribution is 7.94. The van der Waals surface area contributed by atoms with Crippen LogP contribution in [0.4, 0.5) is 8.78 Å². The Labute approximate surface area is 118 Å². The molecule has 0 spiro atoms. The Kier molecular flexibility index (Phi) is 4.85. The average molecular weight is 293 g/mol. The lowest BCUT2D eigenvalue weighted by Gasteiger charge is -2.04. The number of hydrogen-bond donors (Lipinski definition) is 0. The van der Waals surface area contributed by atoms with E-state index < -0.39 is 6.43 Å². The summed E-state index contributed by atoms with van der Waals surface area (Å²) in [7, 11) is 0. The van der Waals surface area contributed by atoms with Crippen molar-refractivity contribution in [3.63, 3.8) is 0 Å². The fourth-order valence-electron chi connectivity index (χ4n) is 1.34. The minimum Gasteiger partial charge on any atom is -0.404 e. The van der Waals surface area contributed by atoms with Crippen molar-refractivity contribution in [2.24, 2.45) is 0 Å². The van der Waals surface area contributed by atoms with Gasteiger partial charge in [-0.2, -0.15) is 5.26 Å². The Balaban J connectivity index is 1.84. The van der Waals surface area contributed by atoms with Gasteiger partial charge in [0.25, 0.3) is 6.43 Å². The van der Waals surface area contributed by atoms with Crippen LogP contribution in [0.1, 0.15) is 23.2 Å². The fraction of sp³-hybridized carbons (Fsp3) is 0.154. The molecular weight excluding hydrogens is 284 g/mol. The van der Waals surface area contributed by atoms with Crippen molar-refractivity contribution < 1.29 is 13.0 Å². The van der Waals surface area contributed by atoms with Crippen LogP contribution in [0.25, 0.3) is 0 Å². The van der Waals surface area contributed by atoms with Crippen LogP contribution >= 0.6 is 12.0 Å². The molecule has 0 amide bonds. The van der Waals surface area contributed by atoms with E-state index in [1.165, 1.54) is 18.2 Å². The Hall–Kier alpha value is -2.20. The highest BCUT2D eigenvalue weighted by Crippen LogP contribution is 2.21. The third kappa shape index (κ3) is 3.90. The number of alkyl halides is 2. The molecule has 0 aliphatic heterocycles. The van der Waals surface area contributed by atoms with Crippen LogP contribution in [0, 0.1) is 11.3 Å². The molecule has 1 aromatic heterocycles. The Morgan fingerprint density at radius 3 is 2.45 bits per heavy atom. The molecule has 102 valence electrons. The average Bonchev–Trinajstić information content (AvgIpc) is 2.48. The van der Waals surface area contributed by atoms with E-state index in [9.17, 15) is 8.78 Å². The molecule has 4 nitrogen and oxygen atoms in total. The van der Waals surface area contributed by atoms with Gasteiger partial charge < -0.3 is 4.18 Å². The van der Waals surface area contributed by atoms with Crippen LogP contribution in [0.2, 0.25) is 0 Å². The molecule has 0 saturated carbocycles. The summed E-state index contributed by atoms with van der Waals surface area (Å²) in [5, 5.41) is 15.9. The summed E-state index contributed by atoms with van der Waals surface area (Å²) < 4.78 is 30.0. The number of nitrogens with zero attached hydrogens (tertiary/aromatic N) is 3. The Morgan fingerprint density at radius 1 is 1.15 bits per heavy atom. The predicted molar refractivity (Wildman–Crippen MR) is 70.1 cm³/mol. The van der Waals surface area contributed by atoms with Gasteiger partial charge in [-0.25, -0.2) is 8.78 Å². The van der Waals surface area contributed by atoms with Gasteiger partial charge in [0.1, 0.15) is 6.07 Å². The van der Waals surface area contributed by atoms with Gasteiger partial charge in [0.05, 0.1) is 17.8 Å². The summed E-state index contributed by atoms with van der Waals surface area (Å²) in [6, 6.07) is 10.9. The summed E-state index contributed by atoms with van der Waals surface area (Å²) >= 11 is 1.11. The van der Waals surface area contributed by atoms with Gasteiger partial charge in [0.2, 0.25) is 5.88 Å². The van der Waals surface area contributed by atoms with Gasteiger partial charge in [-0.05, 0) is 11.6 Å². The normalized spacial score (nSPS) is 10.3. The minimum absolute atomic E-state index is 0.00220. The molecular formula is C13H9F2N3OS. The zero-order valence-electron chi connectivity index (χ0n) is 10.2. The first kappa shape index (κ1) is 14.2. The molecule has 0 aliphatic carbocycles. The summed E-state index contributed by atoms with van der Waals surface area (Å²) in [5.74, 6) is 0.781. The minimum atomic E-state index is -2.46. The number of aromatic nitrogens is 2. The molecule has 0 atom stereocenters. The van der Waals surface area contributed by atoms with Crippen molar-refractivity contribution in [3.8, 4) is 11.9 Å². The highest BCUT2D eigenvalue weighted by Gasteiger charge is 2.06. The van der Waals surface area contributed by atoms with Crippen molar-refractivity contribution >= 4 is 12.0 Å². The van der Waals surface area contributed by atoms with E-state index in [1.807, 2.05) is 6.07 Å². The van der Waals surface area contributed by atoms with Crippen LogP contribution < -0.4 is 4.18 Å². The van der Waals surface area contributed by atoms with E-state index in [0.29, 0.717) is 11.6 Å². The summed E-state index contributed by atoms with van der Waals surface area (Å²) in [4.78, 5) is 0. The van der Waals surface area contributed by atoms with Crippen LogP contribution in [0.15, 0.2) is 36.4 Å². The summed E-state index contributed by atoms with van der Waals surface area (Å²) in [6.07, 6.45) is -2.46. The van der Waals surface area contributed by atoms with Crippen molar-refractivity contribution in [2.75, 3.05) is 0 Å². The molecule has 0 aliphatic rings. The lowest BCUT2D eigenvalue weighted by Crippen LogP contribution is -1.92. The number of rotatable bonds is 5. The van der Waals surface area contributed by atoms with Gasteiger partial charge >= 0.3 is 0 Å². The van der Waals surface area contributed by atoms with Crippen LogP contribution in [-0.4, -0.2) is 10.2 Å². The maximum absolute atomic E-state index is 12.4. The van der Waals surface area contributed by atoms with Crippen molar-refractivity contribution in [2.45, 2.75) is 12.2 Å². The van der Waals surface area contributed by atoms with Crippen LogP contribution in [-0.2, 0) is 5.75 Å². The lowest BCUT2D eigenvalue weighted by atomic mass is 10.2. The van der Waals surface area contributed by atoms with Gasteiger partial charge in [0, 0.05) is 11.6 Å². The molecule has 0 radical (unpaired) electrons. The zero-order valence-corrected chi connectivity index (χ0v) is 11.0. The maximum atomic E-state index is 12.4. The summed E-state index contributed by atoms with van der Waals surface area (Å²) in [5.41, 5.74) is 1.07. The molecule has 2 aromatic rings. The smallest absolute Gasteiger partial charge is 0.263 e. The maximum Gasteiger partial charge on any atom is 0.263 e. The lowest BCUT2D eigenvalue weighted by molar-refractivity contribution is 0.151. The number of benzene rings is 1. The standard InChI is InChI=1S/C13H9F2N3OS/c14-13(15)10-3-1-9(2-4-10)8-20-19-12-6-5-11(7-16)17-18-12/h1-6,13H,8H2. The third-order valence-electron chi connectivity index (χ3n) is 2.36. The highest BCUT2D eigenvalue weighted by atomic mass is 32.2. The first-order valence-electron chi connectivity index (χ1n) is 5.59. The van der Waals surface area contributed by atoms with Gasteiger partial charge in [0.15, 0.2) is 5.69 Å².